The molecule has 1 aliphatic heterocycles. The van der Waals surface area contributed by atoms with Gasteiger partial charge in [0.15, 0.2) is 0 Å². The summed E-state index contributed by atoms with van der Waals surface area (Å²) >= 11 is 0. The first-order valence-corrected chi connectivity index (χ1v) is 9.35. The molecule has 3 N–H and O–H groups in total. The van der Waals surface area contributed by atoms with Crippen molar-refractivity contribution >= 4 is 17.7 Å². The Hall–Kier alpha value is -3.43. The summed E-state index contributed by atoms with van der Waals surface area (Å²) in [6.45, 7) is 5.87. The van der Waals surface area contributed by atoms with Crippen LogP contribution in [-0.2, 0) is 22.7 Å². The van der Waals surface area contributed by atoms with Crippen LogP contribution in [0.25, 0.3) is 0 Å². The number of amides is 3. The van der Waals surface area contributed by atoms with E-state index < -0.39 is 23.9 Å². The molecule has 3 rings (SSSR count). The van der Waals surface area contributed by atoms with E-state index in [4.69, 9.17) is 4.74 Å². The average Bonchev–Trinajstić information content (AvgIpc) is 3.14. The van der Waals surface area contributed by atoms with Gasteiger partial charge >= 0.3 is 0 Å². The quantitative estimate of drug-likeness (QED) is 0.568. The van der Waals surface area contributed by atoms with Crippen molar-refractivity contribution in [3.8, 4) is 5.75 Å². The van der Waals surface area contributed by atoms with E-state index in [1.807, 2.05) is 13.0 Å². The highest BCUT2D eigenvalue weighted by atomic mass is 16.5. The molecule has 0 spiro atoms. The number of hydrogen-bond acceptors (Lipinski definition) is 6. The molecule has 0 saturated carbocycles. The molecule has 29 heavy (non-hydrogen) atoms. The van der Waals surface area contributed by atoms with Crippen LogP contribution in [0.4, 0.5) is 0 Å². The Morgan fingerprint density at radius 2 is 1.86 bits per heavy atom. The highest BCUT2D eigenvalue weighted by Gasteiger charge is 2.23. The van der Waals surface area contributed by atoms with Crippen LogP contribution in [0.1, 0.15) is 35.5 Å². The Morgan fingerprint density at radius 1 is 1.10 bits per heavy atom. The number of nitrogens with zero attached hydrogens (tertiary/aromatic N) is 3. The average molecular weight is 400 g/mol. The van der Waals surface area contributed by atoms with Gasteiger partial charge in [0.25, 0.3) is 5.91 Å². The number of benzene rings is 1. The van der Waals surface area contributed by atoms with Crippen LogP contribution < -0.4 is 20.7 Å². The number of aromatic nitrogens is 3. The summed E-state index contributed by atoms with van der Waals surface area (Å²) < 4.78 is 7.38. The monoisotopic (exact) mass is 400 g/mol. The molecule has 2 heterocycles. The van der Waals surface area contributed by atoms with Gasteiger partial charge in [-0.1, -0.05) is 16.8 Å². The van der Waals surface area contributed by atoms with Crippen molar-refractivity contribution in [3.63, 3.8) is 0 Å². The maximum Gasteiger partial charge on any atom is 0.255 e. The van der Waals surface area contributed by atoms with E-state index >= 15 is 0 Å². The first-order chi connectivity index (χ1) is 13.8. The van der Waals surface area contributed by atoms with Gasteiger partial charge in [0.05, 0.1) is 24.8 Å². The number of nitrogens with one attached hydrogen (secondary N) is 3. The Kier molecular flexibility index (Phi) is 6.10. The van der Waals surface area contributed by atoms with Crippen LogP contribution in [-0.4, -0.2) is 51.4 Å². The molecule has 2 aromatic rings. The Bertz CT molecular complexity index is 925. The van der Waals surface area contributed by atoms with Crippen molar-refractivity contribution in [2.75, 3.05) is 6.61 Å². The number of carbonyl (C=O) groups is 3. The molecule has 10 nitrogen and oxygen atoms in total. The first kappa shape index (κ1) is 20.3. The lowest BCUT2D eigenvalue weighted by Gasteiger charge is -2.19. The van der Waals surface area contributed by atoms with Gasteiger partial charge in [-0.05, 0) is 32.9 Å². The van der Waals surface area contributed by atoms with E-state index in [-0.39, 0.29) is 19.1 Å². The zero-order valence-electron chi connectivity index (χ0n) is 16.6. The van der Waals surface area contributed by atoms with E-state index in [0.717, 1.165) is 5.56 Å². The van der Waals surface area contributed by atoms with E-state index in [2.05, 4.69) is 26.3 Å². The summed E-state index contributed by atoms with van der Waals surface area (Å²) in [4.78, 5) is 37.3. The van der Waals surface area contributed by atoms with Crippen LogP contribution in [0.3, 0.4) is 0 Å². The van der Waals surface area contributed by atoms with Crippen LogP contribution in [0.5, 0.6) is 5.75 Å². The lowest BCUT2D eigenvalue weighted by Crippen LogP contribution is -2.51. The second kappa shape index (κ2) is 8.72. The SMILES string of the molecule is Cc1ccc2c(c1)C(=O)N[C@H](C)C(=O)N[C@H](C)C(=O)NCc1cn(nn1)CCO2. The number of fused-ring (bicyclic) bond motifs is 3. The van der Waals surface area contributed by atoms with Crippen molar-refractivity contribution in [2.45, 2.75) is 45.9 Å². The fourth-order valence-electron chi connectivity index (χ4n) is 2.80. The molecular formula is C19H24N6O4. The normalized spacial score (nSPS) is 21.1. The van der Waals surface area contributed by atoms with Gasteiger partial charge in [0.1, 0.15) is 30.1 Å². The predicted octanol–water partition coefficient (Wildman–Crippen LogP) is -0.0817. The van der Waals surface area contributed by atoms with Crippen LogP contribution in [0.15, 0.2) is 24.4 Å². The zero-order chi connectivity index (χ0) is 21.0. The largest absolute Gasteiger partial charge is 0.491 e. The maximum absolute atomic E-state index is 12.7. The highest BCUT2D eigenvalue weighted by molar-refractivity contribution is 6.00. The Labute approximate surface area is 168 Å². The summed E-state index contributed by atoms with van der Waals surface area (Å²) in [5, 5.41) is 15.9. The molecule has 1 aromatic carbocycles. The minimum Gasteiger partial charge on any atom is -0.491 e. The molecule has 0 saturated heterocycles. The van der Waals surface area contributed by atoms with Gasteiger partial charge in [-0.25, -0.2) is 4.68 Å². The molecule has 2 bridgehead atoms. The number of rotatable bonds is 0. The van der Waals surface area contributed by atoms with E-state index in [1.165, 1.54) is 0 Å². The molecule has 0 radical (unpaired) electrons. The van der Waals surface area contributed by atoms with Gasteiger partial charge in [-0.2, -0.15) is 0 Å². The van der Waals surface area contributed by atoms with E-state index in [0.29, 0.717) is 23.6 Å². The molecule has 2 atom stereocenters. The topological polar surface area (TPSA) is 127 Å². The lowest BCUT2D eigenvalue weighted by molar-refractivity contribution is -0.129. The third-order valence-electron chi connectivity index (χ3n) is 4.48. The molecule has 1 aliphatic rings. The van der Waals surface area contributed by atoms with Gasteiger partial charge in [-0.3, -0.25) is 14.4 Å². The van der Waals surface area contributed by atoms with Gasteiger partial charge in [0, 0.05) is 0 Å². The van der Waals surface area contributed by atoms with Crippen LogP contribution >= 0.6 is 0 Å². The molecule has 1 aromatic heterocycles. The van der Waals surface area contributed by atoms with Gasteiger partial charge in [0.2, 0.25) is 11.8 Å². The van der Waals surface area contributed by atoms with E-state index in [9.17, 15) is 14.4 Å². The lowest BCUT2D eigenvalue weighted by atomic mass is 10.1. The molecule has 154 valence electrons. The molecule has 0 aliphatic carbocycles. The fourth-order valence-corrected chi connectivity index (χ4v) is 2.80. The molecular weight excluding hydrogens is 376 g/mol. The minimum atomic E-state index is -0.833. The fraction of sp³-hybridized carbons (Fsp3) is 0.421. The van der Waals surface area contributed by atoms with Gasteiger partial charge < -0.3 is 20.7 Å². The first-order valence-electron chi connectivity index (χ1n) is 9.35. The minimum absolute atomic E-state index is 0.189. The number of ether oxygens (including phenoxy) is 1. The Morgan fingerprint density at radius 3 is 2.66 bits per heavy atom. The van der Waals surface area contributed by atoms with Crippen molar-refractivity contribution in [1.82, 2.24) is 30.9 Å². The standard InChI is InChI=1S/C19H24N6O4/c1-11-4-5-16-15(8-11)19(28)22-13(3)18(27)21-12(2)17(26)20-9-14-10-25(24-23-14)6-7-29-16/h4-5,8,10,12-13H,6-7,9H2,1-3H3,(H,20,26)(H,21,27)(H,22,28)/t12-,13-/m1/s1. The Balaban J connectivity index is 1.86. The number of carbonyl (C=O) groups excluding carboxylic acids is 3. The molecule has 0 fully saturated rings. The predicted molar refractivity (Wildman–Crippen MR) is 103 cm³/mol. The van der Waals surface area contributed by atoms with E-state index in [1.54, 1.807) is 36.9 Å². The zero-order valence-corrected chi connectivity index (χ0v) is 16.6. The molecule has 3 amide bonds. The summed E-state index contributed by atoms with van der Waals surface area (Å²) in [7, 11) is 0. The van der Waals surface area contributed by atoms with Crippen molar-refractivity contribution in [2.24, 2.45) is 0 Å². The third kappa shape index (κ3) is 5.09. The summed E-state index contributed by atoms with van der Waals surface area (Å²) in [6, 6.07) is 3.66. The molecule has 0 unspecified atom stereocenters. The van der Waals surface area contributed by atoms with Gasteiger partial charge in [-0.15, -0.1) is 5.10 Å². The van der Waals surface area contributed by atoms with Crippen molar-refractivity contribution in [3.05, 3.63) is 41.2 Å². The summed E-state index contributed by atoms with van der Waals surface area (Å²) in [6.07, 6.45) is 1.70. The number of hydrogen-bond donors (Lipinski definition) is 3. The summed E-state index contributed by atoms with van der Waals surface area (Å²) in [5.74, 6) is -0.849. The molecule has 10 heteroatoms. The van der Waals surface area contributed by atoms with Crippen molar-refractivity contribution < 1.29 is 19.1 Å². The van der Waals surface area contributed by atoms with Crippen molar-refractivity contribution in [1.29, 1.82) is 0 Å². The third-order valence-corrected chi connectivity index (χ3v) is 4.48. The smallest absolute Gasteiger partial charge is 0.255 e. The van der Waals surface area contributed by atoms with Crippen LogP contribution in [0.2, 0.25) is 0 Å². The highest BCUT2D eigenvalue weighted by Crippen LogP contribution is 2.20. The maximum atomic E-state index is 12.7. The second-order valence-corrected chi connectivity index (χ2v) is 6.96. The second-order valence-electron chi connectivity index (χ2n) is 6.96. The van der Waals surface area contributed by atoms with Crippen LogP contribution in [0, 0.1) is 6.92 Å². The number of aryl methyl sites for hydroxylation is 1. The summed E-state index contributed by atoms with van der Waals surface area (Å²) in [5.41, 5.74) is 1.80.